The van der Waals surface area contributed by atoms with E-state index in [9.17, 15) is 123 Å². The van der Waals surface area contributed by atoms with Gasteiger partial charge in [-0.2, -0.15) is 119 Å². The first-order valence-corrected chi connectivity index (χ1v) is 9.24. The SMILES string of the molecule is O=C(O)C(F)(F)C(F)(F)C(F)(F)C(F)(F)C(F)(F)C(F)(F)C(F)(F)C(F)(F)C(F)(F)C(F)(F)C(F)(F)C(F)(F)CC(F)(F)F. The van der Waals surface area contributed by atoms with Crippen LogP contribution in [0.1, 0.15) is 6.42 Å². The molecule has 0 spiro atoms. The lowest BCUT2D eigenvalue weighted by molar-refractivity contribution is -0.478. The molecular weight excluding hydrogens is 725 g/mol. The highest BCUT2D eigenvalue weighted by Gasteiger charge is 2.99. The lowest BCUT2D eigenvalue weighted by atomic mass is 9.84. The van der Waals surface area contributed by atoms with Crippen LogP contribution in [-0.2, 0) is 4.79 Å². The zero-order chi connectivity index (χ0) is 36.8. The standard InChI is InChI=1S/C15H3F27O2/c16-3(17,1-4(18,19)20)6(23,24)8(27,28)10(31,32)12(35,36)14(39,40)15(41,42)13(37,38)11(33,34)9(29,30)7(25,26)5(21,22)2(43)44/h1H2,(H,43,44). The molecule has 0 bridgehead atoms. The molecule has 0 atom stereocenters. The lowest BCUT2D eigenvalue weighted by Gasteiger charge is -2.45. The monoisotopic (exact) mass is 728 g/mol. The second-order valence-electron chi connectivity index (χ2n) is 8.12. The van der Waals surface area contributed by atoms with Gasteiger partial charge in [0.25, 0.3) is 0 Å². The summed E-state index contributed by atoms with van der Waals surface area (Å²) in [6.07, 6.45) is -11.6. The van der Waals surface area contributed by atoms with Crippen LogP contribution in [0.15, 0.2) is 0 Å². The molecule has 0 aromatic carbocycles. The van der Waals surface area contributed by atoms with Gasteiger partial charge in [-0.1, -0.05) is 0 Å². The Bertz CT molecular complexity index is 1080. The molecule has 0 fully saturated rings. The summed E-state index contributed by atoms with van der Waals surface area (Å²) in [6, 6.07) is 0. The van der Waals surface area contributed by atoms with Crippen molar-refractivity contribution in [2.45, 2.75) is 83.7 Å². The average molecular weight is 728 g/mol. The molecule has 1 N–H and O–H groups in total. The van der Waals surface area contributed by atoms with E-state index in [1.54, 1.807) is 0 Å². The van der Waals surface area contributed by atoms with Crippen molar-refractivity contribution in [2.75, 3.05) is 0 Å². The van der Waals surface area contributed by atoms with Gasteiger partial charge in [0.1, 0.15) is 6.42 Å². The third-order valence-corrected chi connectivity index (χ3v) is 5.09. The molecule has 0 saturated heterocycles. The Labute approximate surface area is 219 Å². The van der Waals surface area contributed by atoms with Gasteiger partial charge in [0.2, 0.25) is 0 Å². The van der Waals surface area contributed by atoms with Crippen molar-refractivity contribution >= 4 is 5.97 Å². The first kappa shape index (κ1) is 41.6. The van der Waals surface area contributed by atoms with Crippen LogP contribution in [0.2, 0.25) is 0 Å². The fourth-order valence-electron chi connectivity index (χ4n) is 2.50. The van der Waals surface area contributed by atoms with E-state index in [0.717, 1.165) is 0 Å². The zero-order valence-electron chi connectivity index (χ0n) is 18.8. The third-order valence-electron chi connectivity index (χ3n) is 5.09. The Balaban J connectivity index is 7.42. The van der Waals surface area contributed by atoms with Crippen molar-refractivity contribution in [3.05, 3.63) is 0 Å². The number of aliphatic carboxylic acids is 1. The topological polar surface area (TPSA) is 37.3 Å². The van der Waals surface area contributed by atoms with Crippen molar-refractivity contribution in [3.8, 4) is 0 Å². The minimum Gasteiger partial charge on any atom is -0.477 e. The van der Waals surface area contributed by atoms with Crippen molar-refractivity contribution in [1.82, 2.24) is 0 Å². The smallest absolute Gasteiger partial charge is 0.410 e. The van der Waals surface area contributed by atoms with E-state index >= 15 is 0 Å². The van der Waals surface area contributed by atoms with E-state index in [0.29, 0.717) is 0 Å². The molecule has 264 valence electrons. The van der Waals surface area contributed by atoms with Crippen LogP contribution in [0.5, 0.6) is 0 Å². The maximum atomic E-state index is 13.6. The maximum absolute atomic E-state index is 13.6. The van der Waals surface area contributed by atoms with Gasteiger partial charge in [-0.3, -0.25) is 0 Å². The Morgan fingerprint density at radius 1 is 0.341 bits per heavy atom. The van der Waals surface area contributed by atoms with Gasteiger partial charge in [0.15, 0.2) is 0 Å². The van der Waals surface area contributed by atoms with Gasteiger partial charge in [-0.25, -0.2) is 4.79 Å². The highest BCUT2D eigenvalue weighted by Crippen LogP contribution is 2.68. The Morgan fingerprint density at radius 2 is 0.523 bits per heavy atom. The fraction of sp³-hybridized carbons (Fsp3) is 0.933. The molecule has 0 unspecified atom stereocenters. The number of rotatable bonds is 13. The number of halogens is 27. The molecule has 0 saturated carbocycles. The van der Waals surface area contributed by atoms with Gasteiger partial charge in [0, 0.05) is 0 Å². The number of hydrogen-bond donors (Lipinski definition) is 1. The lowest BCUT2D eigenvalue weighted by Crippen LogP contribution is -2.78. The summed E-state index contributed by atoms with van der Waals surface area (Å²) >= 11 is 0. The summed E-state index contributed by atoms with van der Waals surface area (Å²) in [5, 5.41) is 7.66. The van der Waals surface area contributed by atoms with Crippen molar-refractivity contribution in [1.29, 1.82) is 0 Å². The van der Waals surface area contributed by atoms with Crippen LogP contribution in [0.25, 0.3) is 0 Å². The molecule has 0 aliphatic rings. The third kappa shape index (κ3) is 5.00. The highest BCUT2D eigenvalue weighted by atomic mass is 19.4. The first-order valence-electron chi connectivity index (χ1n) is 9.24. The second kappa shape index (κ2) is 10.0. The minimum absolute atomic E-state index is 4.71. The largest absolute Gasteiger partial charge is 0.477 e. The Morgan fingerprint density at radius 3 is 0.705 bits per heavy atom. The Hall–Kier alpha value is -2.42. The first-order chi connectivity index (χ1) is 18.4. The van der Waals surface area contributed by atoms with Crippen molar-refractivity contribution < 1.29 is 128 Å². The van der Waals surface area contributed by atoms with E-state index in [1.165, 1.54) is 0 Å². The molecular formula is C15H3F27O2. The molecule has 0 aliphatic carbocycles. The minimum atomic E-state index is -9.80. The van der Waals surface area contributed by atoms with Crippen molar-refractivity contribution in [2.24, 2.45) is 0 Å². The van der Waals surface area contributed by atoms with Crippen LogP contribution in [-0.4, -0.2) is 88.3 Å². The molecule has 0 rings (SSSR count). The molecule has 2 nitrogen and oxygen atoms in total. The van der Waals surface area contributed by atoms with Gasteiger partial charge in [-0.15, -0.1) is 0 Å². The van der Waals surface area contributed by atoms with Crippen LogP contribution in [0.4, 0.5) is 119 Å². The molecule has 0 radical (unpaired) electrons. The van der Waals surface area contributed by atoms with Crippen molar-refractivity contribution in [3.63, 3.8) is 0 Å². The summed E-state index contributed by atoms with van der Waals surface area (Å²) in [5.74, 6) is -114. The summed E-state index contributed by atoms with van der Waals surface area (Å²) < 4.78 is 357. The Kier molecular flexibility index (Phi) is 9.49. The number of carboxylic acids is 1. The summed E-state index contributed by atoms with van der Waals surface area (Å²) in [4.78, 5) is 9.92. The maximum Gasteiger partial charge on any atom is 0.410 e. The quantitative estimate of drug-likeness (QED) is 0.193. The van der Waals surface area contributed by atoms with E-state index in [-0.39, 0.29) is 0 Å². The number of carbonyl (C=O) groups is 1. The van der Waals surface area contributed by atoms with Crippen LogP contribution in [0.3, 0.4) is 0 Å². The number of alkyl halides is 27. The van der Waals surface area contributed by atoms with E-state index < -0.39 is 89.6 Å². The van der Waals surface area contributed by atoms with Crippen LogP contribution < -0.4 is 0 Å². The average Bonchev–Trinajstić information content (AvgIpc) is 2.75. The molecule has 0 heterocycles. The van der Waals surface area contributed by atoms with Gasteiger partial charge < -0.3 is 5.11 Å². The van der Waals surface area contributed by atoms with E-state index in [1.807, 2.05) is 0 Å². The van der Waals surface area contributed by atoms with Gasteiger partial charge >= 0.3 is 83.2 Å². The summed E-state index contributed by atoms with van der Waals surface area (Å²) in [6.45, 7) is 0. The predicted octanol–water partition coefficient (Wildman–Crippen LogP) is 8.65. The number of carboxylic acid groups (broad SMARTS) is 1. The molecule has 44 heavy (non-hydrogen) atoms. The van der Waals surface area contributed by atoms with Gasteiger partial charge in [0.05, 0.1) is 0 Å². The second-order valence-corrected chi connectivity index (χ2v) is 8.12. The highest BCUT2D eigenvalue weighted by molar-refractivity contribution is 5.77. The van der Waals surface area contributed by atoms with Gasteiger partial charge in [-0.05, 0) is 0 Å². The summed E-state index contributed by atoms with van der Waals surface area (Å²) in [5.41, 5.74) is 0. The van der Waals surface area contributed by atoms with E-state index in [4.69, 9.17) is 5.11 Å². The molecule has 0 aromatic heterocycles. The predicted molar refractivity (Wildman–Crippen MR) is 77.7 cm³/mol. The fourth-order valence-corrected chi connectivity index (χ4v) is 2.50. The molecule has 0 aliphatic heterocycles. The molecule has 0 aromatic rings. The molecule has 29 heteroatoms. The van der Waals surface area contributed by atoms with E-state index in [2.05, 4.69) is 0 Å². The molecule has 0 amide bonds. The number of hydrogen-bond acceptors (Lipinski definition) is 1. The van der Waals surface area contributed by atoms with Crippen LogP contribution in [0, 0.1) is 0 Å². The zero-order valence-corrected chi connectivity index (χ0v) is 18.8. The normalized spacial score (nSPS) is 16.8. The van der Waals surface area contributed by atoms with Crippen LogP contribution >= 0.6 is 0 Å². The summed E-state index contributed by atoms with van der Waals surface area (Å²) in [7, 11) is 0.